The number of hydrogen-bond donors (Lipinski definition) is 0. The smallest absolute Gasteiger partial charge is 0.168 e. The lowest BCUT2D eigenvalue weighted by Gasteiger charge is -2.34. The van der Waals surface area contributed by atoms with Crippen LogP contribution in [0.4, 0.5) is 0 Å². The van der Waals surface area contributed by atoms with Crippen LogP contribution in [0.3, 0.4) is 0 Å². The number of ether oxygens (including phenoxy) is 2. The van der Waals surface area contributed by atoms with Gasteiger partial charge in [-0.1, -0.05) is 46.0 Å². The van der Waals surface area contributed by atoms with Gasteiger partial charge in [-0.05, 0) is 25.7 Å². The highest BCUT2D eigenvalue weighted by Crippen LogP contribution is 2.30. The Balaban J connectivity index is 2.54. The summed E-state index contributed by atoms with van der Waals surface area (Å²) in [5, 5.41) is 0. The van der Waals surface area contributed by atoms with Crippen molar-refractivity contribution in [1.29, 1.82) is 0 Å². The normalized spacial score (nSPS) is 21.7. The molecule has 1 saturated carbocycles. The van der Waals surface area contributed by atoms with E-state index in [1.54, 1.807) is 0 Å². The maximum absolute atomic E-state index is 6.13. The molecule has 2 nitrogen and oxygen atoms in total. The summed E-state index contributed by atoms with van der Waals surface area (Å²) in [6.07, 6.45) is 13.7. The Hall–Kier alpha value is -0.0800. The van der Waals surface area contributed by atoms with Crippen LogP contribution in [0.25, 0.3) is 0 Å². The summed E-state index contributed by atoms with van der Waals surface area (Å²) >= 11 is 0. The first-order chi connectivity index (χ1) is 8.83. The lowest BCUT2D eigenvalue weighted by atomic mass is 9.96. The predicted molar refractivity (Wildman–Crippen MR) is 76.8 cm³/mol. The van der Waals surface area contributed by atoms with E-state index >= 15 is 0 Å². The highest BCUT2D eigenvalue weighted by molar-refractivity contribution is 4.72. The highest BCUT2D eigenvalue weighted by Gasteiger charge is 2.30. The Bertz CT molecular complexity index is 172. The number of rotatable bonds is 6. The third-order valence-electron chi connectivity index (χ3n) is 3.75. The predicted octanol–water partition coefficient (Wildman–Crippen LogP) is 5.06. The molecule has 0 aromatic carbocycles. The maximum Gasteiger partial charge on any atom is 0.168 e. The summed E-state index contributed by atoms with van der Waals surface area (Å²) < 4.78 is 12.3. The van der Waals surface area contributed by atoms with Gasteiger partial charge in [0.1, 0.15) is 0 Å². The fraction of sp³-hybridized carbons (Fsp3) is 1.00. The topological polar surface area (TPSA) is 18.5 Å². The summed E-state index contributed by atoms with van der Waals surface area (Å²) in [6, 6.07) is 0. The minimum Gasteiger partial charge on any atom is -0.350 e. The Kier molecular flexibility index (Phi) is 8.70. The summed E-state index contributed by atoms with van der Waals surface area (Å²) in [5.41, 5.74) is 0. The van der Waals surface area contributed by atoms with E-state index < -0.39 is 0 Å². The lowest BCUT2D eigenvalue weighted by Crippen LogP contribution is -2.37. The van der Waals surface area contributed by atoms with E-state index in [1.165, 1.54) is 44.9 Å². The van der Waals surface area contributed by atoms with Crippen molar-refractivity contribution in [3.05, 3.63) is 0 Å². The molecule has 1 rings (SSSR count). The molecule has 0 atom stereocenters. The van der Waals surface area contributed by atoms with Gasteiger partial charge in [-0.3, -0.25) is 0 Å². The van der Waals surface area contributed by atoms with Crippen LogP contribution in [0.1, 0.15) is 84.5 Å². The van der Waals surface area contributed by atoms with Crippen molar-refractivity contribution < 1.29 is 9.47 Å². The Morgan fingerprint density at radius 1 is 0.667 bits per heavy atom. The van der Waals surface area contributed by atoms with Crippen LogP contribution in [0.15, 0.2) is 0 Å². The molecule has 1 aliphatic rings. The van der Waals surface area contributed by atoms with Gasteiger partial charge in [0, 0.05) is 26.1 Å². The molecule has 0 aromatic rings. The van der Waals surface area contributed by atoms with E-state index in [-0.39, 0.29) is 5.79 Å². The molecule has 1 aliphatic carbocycles. The SMILES string of the molecule is CCCOC1(OCCC)CCCCCCCCC1. The van der Waals surface area contributed by atoms with Crippen molar-refractivity contribution in [3.8, 4) is 0 Å². The van der Waals surface area contributed by atoms with E-state index in [2.05, 4.69) is 13.8 Å². The molecule has 108 valence electrons. The minimum atomic E-state index is -0.261. The van der Waals surface area contributed by atoms with Crippen LogP contribution in [-0.2, 0) is 9.47 Å². The van der Waals surface area contributed by atoms with E-state index in [0.29, 0.717) is 0 Å². The molecule has 1 fully saturated rings. The third-order valence-corrected chi connectivity index (χ3v) is 3.75. The van der Waals surface area contributed by atoms with Gasteiger partial charge in [0.15, 0.2) is 5.79 Å². The molecule has 0 aliphatic heterocycles. The summed E-state index contributed by atoms with van der Waals surface area (Å²) in [4.78, 5) is 0. The van der Waals surface area contributed by atoms with Crippen LogP contribution in [0.2, 0.25) is 0 Å². The van der Waals surface area contributed by atoms with Crippen molar-refractivity contribution in [3.63, 3.8) is 0 Å². The summed E-state index contributed by atoms with van der Waals surface area (Å²) in [7, 11) is 0. The fourth-order valence-electron chi connectivity index (χ4n) is 2.70. The zero-order valence-electron chi connectivity index (χ0n) is 12.5. The van der Waals surface area contributed by atoms with Crippen molar-refractivity contribution in [2.45, 2.75) is 90.3 Å². The molecule has 0 saturated heterocycles. The standard InChI is InChI=1S/C16H32O2/c1-3-14-17-16(18-15-4-2)12-10-8-6-5-7-9-11-13-16/h3-15H2,1-2H3. The van der Waals surface area contributed by atoms with E-state index in [0.717, 1.165) is 38.9 Å². The Labute approximate surface area is 113 Å². The molecule has 0 aromatic heterocycles. The van der Waals surface area contributed by atoms with E-state index in [4.69, 9.17) is 9.47 Å². The third kappa shape index (κ3) is 6.19. The second kappa shape index (κ2) is 9.80. The minimum absolute atomic E-state index is 0.261. The molecule has 18 heavy (non-hydrogen) atoms. The summed E-state index contributed by atoms with van der Waals surface area (Å²) in [5.74, 6) is -0.261. The molecule has 0 radical (unpaired) electrons. The molecule has 0 heterocycles. The van der Waals surface area contributed by atoms with Crippen LogP contribution >= 0.6 is 0 Å². The second-order valence-electron chi connectivity index (χ2n) is 5.58. The number of hydrogen-bond acceptors (Lipinski definition) is 2. The lowest BCUT2D eigenvalue weighted by molar-refractivity contribution is -0.246. The first-order valence-corrected chi connectivity index (χ1v) is 8.11. The van der Waals surface area contributed by atoms with Gasteiger partial charge in [-0.25, -0.2) is 0 Å². The maximum atomic E-state index is 6.13. The summed E-state index contributed by atoms with van der Waals surface area (Å²) in [6.45, 7) is 6.02. The van der Waals surface area contributed by atoms with Crippen LogP contribution in [-0.4, -0.2) is 19.0 Å². The Morgan fingerprint density at radius 2 is 1.06 bits per heavy atom. The van der Waals surface area contributed by atoms with Crippen molar-refractivity contribution in [1.82, 2.24) is 0 Å². The van der Waals surface area contributed by atoms with Gasteiger partial charge in [0.05, 0.1) is 0 Å². The van der Waals surface area contributed by atoms with Gasteiger partial charge >= 0.3 is 0 Å². The van der Waals surface area contributed by atoms with Gasteiger partial charge < -0.3 is 9.47 Å². The monoisotopic (exact) mass is 256 g/mol. The second-order valence-corrected chi connectivity index (χ2v) is 5.58. The average molecular weight is 256 g/mol. The van der Waals surface area contributed by atoms with Crippen molar-refractivity contribution in [2.75, 3.05) is 13.2 Å². The molecule has 0 N–H and O–H groups in total. The van der Waals surface area contributed by atoms with Gasteiger partial charge in [0.2, 0.25) is 0 Å². The molecule has 2 heteroatoms. The average Bonchev–Trinajstić information content (AvgIpc) is 2.41. The van der Waals surface area contributed by atoms with Crippen LogP contribution in [0.5, 0.6) is 0 Å². The first kappa shape index (κ1) is 16.0. The Morgan fingerprint density at radius 3 is 1.44 bits per heavy atom. The van der Waals surface area contributed by atoms with Crippen molar-refractivity contribution >= 4 is 0 Å². The van der Waals surface area contributed by atoms with Gasteiger partial charge in [-0.15, -0.1) is 0 Å². The van der Waals surface area contributed by atoms with Gasteiger partial charge in [-0.2, -0.15) is 0 Å². The quantitative estimate of drug-likeness (QED) is 0.618. The molecular formula is C16H32O2. The zero-order valence-corrected chi connectivity index (χ0v) is 12.5. The van der Waals surface area contributed by atoms with Crippen molar-refractivity contribution in [2.24, 2.45) is 0 Å². The highest BCUT2D eigenvalue weighted by atomic mass is 16.7. The van der Waals surface area contributed by atoms with E-state index in [1.807, 2.05) is 0 Å². The molecule has 0 spiro atoms. The van der Waals surface area contributed by atoms with Crippen LogP contribution in [0, 0.1) is 0 Å². The zero-order chi connectivity index (χ0) is 13.1. The van der Waals surface area contributed by atoms with Gasteiger partial charge in [0.25, 0.3) is 0 Å². The molecular weight excluding hydrogens is 224 g/mol. The fourth-order valence-corrected chi connectivity index (χ4v) is 2.70. The van der Waals surface area contributed by atoms with Crippen LogP contribution < -0.4 is 0 Å². The molecule has 0 unspecified atom stereocenters. The van der Waals surface area contributed by atoms with E-state index in [9.17, 15) is 0 Å². The molecule has 0 amide bonds. The first-order valence-electron chi connectivity index (χ1n) is 8.11. The molecule has 0 bridgehead atoms. The largest absolute Gasteiger partial charge is 0.350 e.